The molecule has 1 unspecified atom stereocenters. The lowest BCUT2D eigenvalue weighted by molar-refractivity contribution is 0.184. The SMILES string of the molecule is CCCN1CCC(n2ccnc2NC(C)COC)CC1. The first-order chi connectivity index (χ1) is 9.74. The standard InChI is InChI=1S/C15H28N4O/c1-4-8-18-9-5-14(6-10-18)19-11-7-16-15(19)17-13(2)12-20-3/h7,11,13-14H,4-6,8-10,12H2,1-3H3,(H,16,17). The summed E-state index contributed by atoms with van der Waals surface area (Å²) in [6.45, 7) is 8.69. The van der Waals surface area contributed by atoms with Gasteiger partial charge in [-0.3, -0.25) is 0 Å². The minimum atomic E-state index is 0.279. The van der Waals surface area contributed by atoms with Gasteiger partial charge in [0, 0.05) is 44.7 Å². The molecule has 1 aromatic rings. The number of rotatable bonds is 7. The van der Waals surface area contributed by atoms with Crippen LogP contribution in [0.5, 0.6) is 0 Å². The predicted octanol–water partition coefficient (Wildman–Crippen LogP) is 2.38. The molecule has 0 spiro atoms. The number of likely N-dealkylation sites (tertiary alicyclic amines) is 1. The molecule has 1 N–H and O–H groups in total. The van der Waals surface area contributed by atoms with Crippen LogP contribution in [0.4, 0.5) is 5.95 Å². The Kier molecular flexibility index (Phi) is 5.86. The van der Waals surface area contributed by atoms with Gasteiger partial charge >= 0.3 is 0 Å². The van der Waals surface area contributed by atoms with E-state index >= 15 is 0 Å². The summed E-state index contributed by atoms with van der Waals surface area (Å²) in [6, 6.07) is 0.851. The van der Waals surface area contributed by atoms with E-state index in [2.05, 4.69) is 39.8 Å². The van der Waals surface area contributed by atoms with E-state index in [1.54, 1.807) is 7.11 Å². The average Bonchev–Trinajstić information content (AvgIpc) is 2.88. The van der Waals surface area contributed by atoms with Crippen molar-refractivity contribution in [3.8, 4) is 0 Å². The van der Waals surface area contributed by atoms with Gasteiger partial charge in [-0.25, -0.2) is 4.98 Å². The number of nitrogens with zero attached hydrogens (tertiary/aromatic N) is 3. The van der Waals surface area contributed by atoms with Crippen molar-refractivity contribution in [3.05, 3.63) is 12.4 Å². The van der Waals surface area contributed by atoms with E-state index in [1.807, 2.05) is 6.20 Å². The summed E-state index contributed by atoms with van der Waals surface area (Å²) < 4.78 is 7.47. The maximum Gasteiger partial charge on any atom is 0.203 e. The molecular formula is C15H28N4O. The lowest BCUT2D eigenvalue weighted by atomic mass is 10.0. The molecule has 1 aromatic heterocycles. The van der Waals surface area contributed by atoms with Gasteiger partial charge in [0.25, 0.3) is 0 Å². The third-order valence-corrected chi connectivity index (χ3v) is 3.95. The highest BCUT2D eigenvalue weighted by Crippen LogP contribution is 2.25. The van der Waals surface area contributed by atoms with Gasteiger partial charge < -0.3 is 19.5 Å². The Morgan fingerprint density at radius 1 is 1.45 bits per heavy atom. The number of methoxy groups -OCH3 is 1. The molecule has 0 saturated carbocycles. The summed E-state index contributed by atoms with van der Waals surface area (Å²) in [7, 11) is 1.73. The van der Waals surface area contributed by atoms with Crippen molar-refractivity contribution in [1.82, 2.24) is 14.5 Å². The molecule has 1 aliphatic rings. The Morgan fingerprint density at radius 2 is 2.20 bits per heavy atom. The molecule has 2 heterocycles. The van der Waals surface area contributed by atoms with Crippen molar-refractivity contribution in [2.75, 3.05) is 38.7 Å². The second-order valence-electron chi connectivity index (χ2n) is 5.73. The lowest BCUT2D eigenvalue weighted by Gasteiger charge is -2.33. The first kappa shape index (κ1) is 15.3. The molecule has 0 radical (unpaired) electrons. The zero-order valence-electron chi connectivity index (χ0n) is 13.0. The Bertz CT molecular complexity index is 385. The molecule has 1 fully saturated rings. The quantitative estimate of drug-likeness (QED) is 0.832. The van der Waals surface area contributed by atoms with E-state index in [9.17, 15) is 0 Å². The van der Waals surface area contributed by atoms with E-state index in [4.69, 9.17) is 4.74 Å². The normalized spacial score (nSPS) is 19.1. The molecule has 2 rings (SSSR count). The highest BCUT2D eigenvalue weighted by Gasteiger charge is 2.22. The summed E-state index contributed by atoms with van der Waals surface area (Å²) in [5.74, 6) is 0.975. The summed E-state index contributed by atoms with van der Waals surface area (Å²) in [4.78, 5) is 7.02. The summed E-state index contributed by atoms with van der Waals surface area (Å²) in [5, 5.41) is 3.44. The molecule has 5 nitrogen and oxygen atoms in total. The van der Waals surface area contributed by atoms with Gasteiger partial charge in [0.1, 0.15) is 0 Å². The van der Waals surface area contributed by atoms with Gasteiger partial charge in [-0.1, -0.05) is 6.92 Å². The molecule has 1 aliphatic heterocycles. The van der Waals surface area contributed by atoms with Crippen LogP contribution in [0.15, 0.2) is 12.4 Å². The second kappa shape index (κ2) is 7.64. The Balaban J connectivity index is 1.92. The van der Waals surface area contributed by atoms with Crippen LogP contribution in [0.2, 0.25) is 0 Å². The Labute approximate surface area is 122 Å². The highest BCUT2D eigenvalue weighted by molar-refractivity contribution is 5.28. The van der Waals surface area contributed by atoms with E-state index in [1.165, 1.54) is 38.9 Å². The molecular weight excluding hydrogens is 252 g/mol. The molecule has 5 heteroatoms. The zero-order valence-corrected chi connectivity index (χ0v) is 13.0. The molecule has 0 aromatic carbocycles. The number of hydrogen-bond donors (Lipinski definition) is 1. The van der Waals surface area contributed by atoms with Crippen LogP contribution in [-0.2, 0) is 4.74 Å². The fourth-order valence-electron chi connectivity index (χ4n) is 2.97. The Morgan fingerprint density at radius 3 is 2.85 bits per heavy atom. The fraction of sp³-hybridized carbons (Fsp3) is 0.800. The van der Waals surface area contributed by atoms with Gasteiger partial charge in [0.05, 0.1) is 6.61 Å². The smallest absolute Gasteiger partial charge is 0.203 e. The van der Waals surface area contributed by atoms with Crippen molar-refractivity contribution in [1.29, 1.82) is 0 Å². The highest BCUT2D eigenvalue weighted by atomic mass is 16.5. The van der Waals surface area contributed by atoms with Crippen molar-refractivity contribution >= 4 is 5.95 Å². The average molecular weight is 280 g/mol. The van der Waals surface area contributed by atoms with Gasteiger partial charge in [0.15, 0.2) is 0 Å². The van der Waals surface area contributed by atoms with Crippen LogP contribution >= 0.6 is 0 Å². The number of imidazole rings is 1. The van der Waals surface area contributed by atoms with Crippen LogP contribution in [0.1, 0.15) is 39.2 Å². The zero-order chi connectivity index (χ0) is 14.4. The predicted molar refractivity (Wildman–Crippen MR) is 82.2 cm³/mol. The summed E-state index contributed by atoms with van der Waals surface area (Å²) in [5.41, 5.74) is 0. The molecule has 0 aliphatic carbocycles. The Hall–Kier alpha value is -1.07. The summed E-state index contributed by atoms with van der Waals surface area (Å²) >= 11 is 0. The first-order valence-corrected chi connectivity index (χ1v) is 7.75. The third kappa shape index (κ3) is 3.96. The van der Waals surface area contributed by atoms with E-state index < -0.39 is 0 Å². The molecule has 0 bridgehead atoms. The third-order valence-electron chi connectivity index (χ3n) is 3.95. The number of nitrogens with one attached hydrogen (secondary N) is 1. The number of piperidine rings is 1. The van der Waals surface area contributed by atoms with E-state index in [-0.39, 0.29) is 6.04 Å². The molecule has 114 valence electrons. The van der Waals surface area contributed by atoms with Gasteiger partial charge in [-0.2, -0.15) is 0 Å². The monoisotopic (exact) mass is 280 g/mol. The summed E-state index contributed by atoms with van der Waals surface area (Å²) in [6.07, 6.45) is 7.66. The maximum absolute atomic E-state index is 5.17. The number of hydrogen-bond acceptors (Lipinski definition) is 4. The van der Waals surface area contributed by atoms with Crippen molar-refractivity contribution in [2.45, 2.75) is 45.2 Å². The van der Waals surface area contributed by atoms with Crippen molar-refractivity contribution in [3.63, 3.8) is 0 Å². The van der Waals surface area contributed by atoms with Crippen LogP contribution in [-0.4, -0.2) is 53.8 Å². The molecule has 0 amide bonds. The minimum Gasteiger partial charge on any atom is -0.383 e. The molecule has 1 atom stereocenters. The number of ether oxygens (including phenoxy) is 1. The maximum atomic E-state index is 5.17. The fourth-order valence-corrected chi connectivity index (χ4v) is 2.97. The topological polar surface area (TPSA) is 42.3 Å². The van der Waals surface area contributed by atoms with Crippen LogP contribution in [0.3, 0.4) is 0 Å². The van der Waals surface area contributed by atoms with E-state index in [0.717, 1.165) is 5.95 Å². The van der Waals surface area contributed by atoms with Crippen LogP contribution in [0, 0.1) is 0 Å². The van der Waals surface area contributed by atoms with Gasteiger partial charge in [-0.05, 0) is 32.7 Å². The van der Waals surface area contributed by atoms with Crippen LogP contribution < -0.4 is 5.32 Å². The molecule has 1 saturated heterocycles. The molecule has 20 heavy (non-hydrogen) atoms. The largest absolute Gasteiger partial charge is 0.383 e. The van der Waals surface area contributed by atoms with Gasteiger partial charge in [0.2, 0.25) is 5.95 Å². The second-order valence-corrected chi connectivity index (χ2v) is 5.73. The van der Waals surface area contributed by atoms with E-state index in [0.29, 0.717) is 12.6 Å². The first-order valence-electron chi connectivity index (χ1n) is 7.75. The lowest BCUT2D eigenvalue weighted by Crippen LogP contribution is -2.35. The number of aromatic nitrogens is 2. The van der Waals surface area contributed by atoms with Crippen molar-refractivity contribution < 1.29 is 4.74 Å². The van der Waals surface area contributed by atoms with Crippen molar-refractivity contribution in [2.24, 2.45) is 0 Å². The minimum absolute atomic E-state index is 0.279. The van der Waals surface area contributed by atoms with Crippen LogP contribution in [0.25, 0.3) is 0 Å². The van der Waals surface area contributed by atoms with Gasteiger partial charge in [-0.15, -0.1) is 0 Å². The number of anilines is 1.